The second kappa shape index (κ2) is 5.14. The fourth-order valence-corrected chi connectivity index (χ4v) is 2.96. The van der Waals surface area contributed by atoms with E-state index in [1.54, 1.807) is 13.1 Å². The Morgan fingerprint density at radius 1 is 1.26 bits per heavy atom. The first-order chi connectivity index (χ1) is 11.1. The van der Waals surface area contributed by atoms with Crippen LogP contribution in [0.25, 0.3) is 33.2 Å². The normalized spacial score (nSPS) is 12.8. The van der Waals surface area contributed by atoms with Gasteiger partial charge in [-0.1, -0.05) is 0 Å². The summed E-state index contributed by atoms with van der Waals surface area (Å²) in [6.45, 7) is 1.60. The van der Waals surface area contributed by atoms with Crippen LogP contribution in [0, 0.1) is 0 Å². The van der Waals surface area contributed by atoms with E-state index < -0.39 is 6.29 Å². The van der Waals surface area contributed by atoms with Crippen LogP contribution in [-0.4, -0.2) is 25.9 Å². The molecule has 5 heteroatoms. The van der Waals surface area contributed by atoms with Gasteiger partial charge in [-0.25, -0.2) is 4.98 Å². The van der Waals surface area contributed by atoms with Gasteiger partial charge in [-0.05, 0) is 43.3 Å². The lowest BCUT2D eigenvalue weighted by molar-refractivity contribution is -0.000184. The molecule has 5 nitrogen and oxygen atoms in total. The van der Waals surface area contributed by atoms with Crippen molar-refractivity contribution < 1.29 is 9.84 Å². The molecule has 0 spiro atoms. The zero-order valence-electron chi connectivity index (χ0n) is 12.9. The highest BCUT2D eigenvalue weighted by Crippen LogP contribution is 2.33. The molecule has 1 atom stereocenters. The maximum Gasteiger partial charge on any atom is 0.194 e. The van der Waals surface area contributed by atoms with E-state index in [9.17, 15) is 5.11 Å². The molecule has 1 aromatic carbocycles. The molecule has 0 saturated carbocycles. The summed E-state index contributed by atoms with van der Waals surface area (Å²) in [6, 6.07) is 11.9. The van der Waals surface area contributed by atoms with Crippen LogP contribution in [0.4, 0.5) is 0 Å². The van der Waals surface area contributed by atoms with E-state index in [1.807, 2.05) is 37.4 Å². The number of nitrogens with zero attached hydrogens (tertiary/aromatic N) is 2. The van der Waals surface area contributed by atoms with Gasteiger partial charge in [0.1, 0.15) is 11.4 Å². The molecule has 0 aliphatic rings. The monoisotopic (exact) mass is 307 g/mol. The molecule has 0 aliphatic carbocycles. The van der Waals surface area contributed by atoms with Crippen LogP contribution in [0.15, 0.2) is 48.8 Å². The van der Waals surface area contributed by atoms with Crippen molar-refractivity contribution in [3.63, 3.8) is 0 Å². The van der Waals surface area contributed by atoms with Crippen molar-refractivity contribution in [1.29, 1.82) is 0 Å². The van der Waals surface area contributed by atoms with Crippen molar-refractivity contribution in [2.75, 3.05) is 0 Å². The minimum absolute atomic E-state index is 0.647. The number of hydrogen-bond donors (Lipinski definition) is 2. The molecule has 0 bridgehead atoms. The fourth-order valence-electron chi connectivity index (χ4n) is 2.96. The zero-order valence-corrected chi connectivity index (χ0v) is 12.9. The van der Waals surface area contributed by atoms with Crippen LogP contribution < -0.4 is 4.74 Å². The Morgan fingerprint density at radius 2 is 2.13 bits per heavy atom. The van der Waals surface area contributed by atoms with E-state index in [0.717, 1.165) is 33.2 Å². The predicted molar refractivity (Wildman–Crippen MR) is 90.3 cm³/mol. The van der Waals surface area contributed by atoms with E-state index in [2.05, 4.69) is 26.8 Å². The van der Waals surface area contributed by atoms with E-state index in [1.165, 1.54) is 0 Å². The Hall–Kier alpha value is -2.79. The van der Waals surface area contributed by atoms with Gasteiger partial charge in [0.15, 0.2) is 6.29 Å². The highest BCUT2D eigenvalue weighted by Gasteiger charge is 2.13. The molecule has 23 heavy (non-hydrogen) atoms. The van der Waals surface area contributed by atoms with E-state index >= 15 is 0 Å². The topological polar surface area (TPSA) is 63.1 Å². The van der Waals surface area contributed by atoms with Crippen molar-refractivity contribution in [3.05, 3.63) is 48.8 Å². The fraction of sp³-hybridized carbons (Fsp3) is 0.167. The van der Waals surface area contributed by atoms with Crippen molar-refractivity contribution >= 4 is 21.9 Å². The lowest BCUT2D eigenvalue weighted by Crippen LogP contribution is -2.09. The summed E-state index contributed by atoms with van der Waals surface area (Å²) in [5.41, 5.74) is 4.07. The van der Waals surface area contributed by atoms with Gasteiger partial charge in [0, 0.05) is 47.0 Å². The molecule has 0 aliphatic heterocycles. The van der Waals surface area contributed by atoms with Crippen molar-refractivity contribution in [1.82, 2.24) is 14.5 Å². The Labute approximate surface area is 133 Å². The number of aliphatic hydroxyl groups excluding tert-OH is 1. The van der Waals surface area contributed by atoms with Crippen molar-refractivity contribution in [2.45, 2.75) is 13.2 Å². The number of rotatable bonds is 3. The van der Waals surface area contributed by atoms with Gasteiger partial charge in [-0.15, -0.1) is 0 Å². The summed E-state index contributed by atoms with van der Waals surface area (Å²) in [7, 11) is 2.02. The third-order valence-electron chi connectivity index (χ3n) is 3.95. The number of hydrogen-bond acceptors (Lipinski definition) is 3. The molecule has 3 heterocycles. The lowest BCUT2D eigenvalue weighted by Gasteiger charge is -2.09. The molecule has 4 rings (SSSR count). The third kappa shape index (κ3) is 2.35. The summed E-state index contributed by atoms with van der Waals surface area (Å²) in [5, 5.41) is 11.6. The minimum atomic E-state index is -0.836. The second-order valence-electron chi connectivity index (χ2n) is 5.67. The molecule has 2 N–H and O–H groups in total. The second-order valence-corrected chi connectivity index (χ2v) is 5.67. The number of pyridine rings is 1. The van der Waals surface area contributed by atoms with Crippen LogP contribution in [-0.2, 0) is 7.05 Å². The number of aromatic nitrogens is 3. The molecule has 116 valence electrons. The van der Waals surface area contributed by atoms with Crippen molar-refractivity contribution in [3.8, 4) is 17.0 Å². The molecular weight excluding hydrogens is 290 g/mol. The van der Waals surface area contributed by atoms with Crippen molar-refractivity contribution in [2.24, 2.45) is 7.05 Å². The average Bonchev–Trinajstić information content (AvgIpc) is 3.08. The first kappa shape index (κ1) is 13.8. The van der Waals surface area contributed by atoms with Gasteiger partial charge in [-0.2, -0.15) is 0 Å². The van der Waals surface area contributed by atoms with Gasteiger partial charge in [0.05, 0.1) is 0 Å². The smallest absolute Gasteiger partial charge is 0.194 e. The Bertz CT molecular complexity index is 965. The number of aryl methyl sites for hydroxylation is 1. The maximum absolute atomic E-state index is 9.42. The number of fused-ring (bicyclic) bond motifs is 2. The summed E-state index contributed by atoms with van der Waals surface area (Å²) in [6.07, 6.45) is 3.03. The Kier molecular flexibility index (Phi) is 3.09. The first-order valence-electron chi connectivity index (χ1n) is 7.50. The van der Waals surface area contributed by atoms with Crippen LogP contribution in [0.3, 0.4) is 0 Å². The Morgan fingerprint density at radius 3 is 2.91 bits per heavy atom. The molecule has 4 aromatic rings. The van der Waals surface area contributed by atoms with E-state index in [0.29, 0.717) is 5.75 Å². The SMILES string of the molecule is CC(O)Oc1ccc2c(c1)c(-c1cc3cccnc3[nH]1)cn2C. The molecule has 1 unspecified atom stereocenters. The molecule has 0 fully saturated rings. The highest BCUT2D eigenvalue weighted by atomic mass is 16.6. The molecule has 0 amide bonds. The van der Waals surface area contributed by atoms with Crippen LogP contribution in [0.1, 0.15) is 6.92 Å². The van der Waals surface area contributed by atoms with Gasteiger partial charge in [0.25, 0.3) is 0 Å². The molecular formula is C18H17N3O2. The standard InChI is InChI=1S/C18H17N3O2/c1-11(22)23-13-5-6-17-14(9-13)15(10-21(17)2)16-8-12-4-3-7-19-18(12)20-16/h3-11,22H,1-2H3,(H,19,20). The summed E-state index contributed by atoms with van der Waals surface area (Å²) in [5.74, 6) is 0.647. The van der Waals surface area contributed by atoms with E-state index in [-0.39, 0.29) is 0 Å². The largest absolute Gasteiger partial charge is 0.465 e. The summed E-state index contributed by atoms with van der Waals surface area (Å²) < 4.78 is 7.48. The highest BCUT2D eigenvalue weighted by molar-refractivity contribution is 5.98. The molecule has 3 aromatic heterocycles. The minimum Gasteiger partial charge on any atom is -0.465 e. The zero-order chi connectivity index (χ0) is 16.0. The van der Waals surface area contributed by atoms with Crippen LogP contribution in [0.2, 0.25) is 0 Å². The Balaban J connectivity index is 1.91. The number of benzene rings is 1. The van der Waals surface area contributed by atoms with Gasteiger partial charge >= 0.3 is 0 Å². The van der Waals surface area contributed by atoms with Gasteiger partial charge in [0.2, 0.25) is 0 Å². The van der Waals surface area contributed by atoms with Gasteiger partial charge in [-0.3, -0.25) is 0 Å². The van der Waals surface area contributed by atoms with Gasteiger partial charge < -0.3 is 19.4 Å². The number of ether oxygens (including phenoxy) is 1. The molecule has 0 saturated heterocycles. The quantitative estimate of drug-likeness (QED) is 0.570. The van der Waals surface area contributed by atoms with E-state index in [4.69, 9.17) is 4.74 Å². The predicted octanol–water partition coefficient (Wildman–Crippen LogP) is 3.44. The average molecular weight is 307 g/mol. The number of aliphatic hydroxyl groups is 1. The van der Waals surface area contributed by atoms with Crippen LogP contribution >= 0.6 is 0 Å². The first-order valence-corrected chi connectivity index (χ1v) is 7.50. The third-order valence-corrected chi connectivity index (χ3v) is 3.95. The lowest BCUT2D eigenvalue weighted by atomic mass is 10.1. The number of H-pyrrole nitrogens is 1. The summed E-state index contributed by atoms with van der Waals surface area (Å²) in [4.78, 5) is 7.71. The summed E-state index contributed by atoms with van der Waals surface area (Å²) >= 11 is 0. The number of nitrogens with one attached hydrogen (secondary N) is 1. The maximum atomic E-state index is 9.42. The van der Waals surface area contributed by atoms with Crippen LogP contribution in [0.5, 0.6) is 5.75 Å². The molecule has 0 radical (unpaired) electrons. The number of aromatic amines is 1.